The topological polar surface area (TPSA) is 76.2 Å². The van der Waals surface area contributed by atoms with Crippen molar-refractivity contribution in [1.82, 2.24) is 9.80 Å². The fourth-order valence-corrected chi connectivity index (χ4v) is 6.02. The fourth-order valence-electron chi connectivity index (χ4n) is 6.02. The maximum absolute atomic E-state index is 13.1. The molecule has 3 amide bonds. The third-order valence-electron chi connectivity index (χ3n) is 7.62. The molecular weight excluding hydrogens is 396 g/mol. The fraction of sp³-hybridized carbons (Fsp3) is 0.542. The van der Waals surface area contributed by atoms with Crippen molar-refractivity contribution in [3.05, 3.63) is 35.4 Å². The number of hydrogen-bond donors (Lipinski definition) is 0. The molecule has 0 radical (unpaired) electrons. The van der Waals surface area contributed by atoms with Crippen LogP contribution in [0.15, 0.2) is 24.3 Å². The van der Waals surface area contributed by atoms with Gasteiger partial charge in [0, 0.05) is 19.5 Å². The number of carbonyl (C=O) groups is 3. The Morgan fingerprint density at radius 2 is 1.65 bits per heavy atom. The minimum Gasteiger partial charge on any atom is -0.493 e. The van der Waals surface area contributed by atoms with E-state index in [0.29, 0.717) is 18.0 Å². The lowest BCUT2D eigenvalue weighted by molar-refractivity contribution is -0.141. The summed E-state index contributed by atoms with van der Waals surface area (Å²) in [7, 11) is 3.21. The Kier molecular flexibility index (Phi) is 4.79. The minimum atomic E-state index is -0.208. The summed E-state index contributed by atoms with van der Waals surface area (Å²) in [5.74, 6) is 1.09. The average molecular weight is 424 g/mol. The first kappa shape index (κ1) is 20.1. The van der Waals surface area contributed by atoms with Gasteiger partial charge in [-0.15, -0.1) is 0 Å². The van der Waals surface area contributed by atoms with Gasteiger partial charge in [0.25, 0.3) is 0 Å². The number of carbonyl (C=O) groups excluding carboxylic acids is 3. The quantitative estimate of drug-likeness (QED) is 0.536. The van der Waals surface area contributed by atoms with E-state index in [-0.39, 0.29) is 60.4 Å². The Morgan fingerprint density at radius 3 is 2.26 bits per heavy atom. The van der Waals surface area contributed by atoms with E-state index in [1.807, 2.05) is 24.0 Å². The standard InChI is InChI=1S/C24H28N2O5/c1-13-17-12-19(31-3)18(30-2)11-14(17)6-8-25(13)20(27)7-9-26-23(28)21-15-4-5-16(10-15)22(21)24(26)29/h4-5,11-13,15-16,21-22H,6-10H2,1-3H3/t13-,15-,16-,21-,22+/m0/s1. The van der Waals surface area contributed by atoms with Gasteiger partial charge in [0.1, 0.15) is 0 Å². The predicted molar refractivity (Wildman–Crippen MR) is 112 cm³/mol. The van der Waals surface area contributed by atoms with Gasteiger partial charge in [-0.1, -0.05) is 12.2 Å². The number of ether oxygens (including phenoxy) is 2. The number of benzene rings is 1. The van der Waals surface area contributed by atoms with Crippen LogP contribution in [0.3, 0.4) is 0 Å². The lowest BCUT2D eigenvalue weighted by Crippen LogP contribution is -2.41. The number of hydrogen-bond acceptors (Lipinski definition) is 5. The van der Waals surface area contributed by atoms with Gasteiger partial charge in [-0.3, -0.25) is 19.3 Å². The smallest absolute Gasteiger partial charge is 0.233 e. The van der Waals surface area contributed by atoms with E-state index >= 15 is 0 Å². The first-order valence-corrected chi connectivity index (χ1v) is 11.0. The summed E-state index contributed by atoms with van der Waals surface area (Å²) in [5.41, 5.74) is 2.19. The van der Waals surface area contributed by atoms with Crippen LogP contribution in [0.25, 0.3) is 0 Å². The molecule has 4 aliphatic rings. The first-order chi connectivity index (χ1) is 14.9. The summed E-state index contributed by atoms with van der Waals surface area (Å²) in [5, 5.41) is 0. The van der Waals surface area contributed by atoms with Crippen molar-refractivity contribution in [2.24, 2.45) is 23.7 Å². The zero-order chi connectivity index (χ0) is 21.9. The van der Waals surface area contributed by atoms with E-state index in [9.17, 15) is 14.4 Å². The molecule has 1 aromatic carbocycles. The van der Waals surface area contributed by atoms with Crippen LogP contribution in [-0.2, 0) is 20.8 Å². The Labute approximate surface area is 182 Å². The molecule has 0 spiro atoms. The van der Waals surface area contributed by atoms with Gasteiger partial charge >= 0.3 is 0 Å². The Balaban J connectivity index is 1.27. The summed E-state index contributed by atoms with van der Waals surface area (Å²) < 4.78 is 10.8. The molecule has 1 saturated heterocycles. The number of rotatable bonds is 5. The van der Waals surface area contributed by atoms with Crippen molar-refractivity contribution >= 4 is 17.7 Å². The second kappa shape index (κ2) is 7.39. The lowest BCUT2D eigenvalue weighted by atomic mass is 9.85. The Hall–Kier alpha value is -2.83. The van der Waals surface area contributed by atoms with Gasteiger partial charge in [-0.05, 0) is 54.9 Å². The van der Waals surface area contributed by atoms with E-state index in [1.54, 1.807) is 14.2 Å². The van der Waals surface area contributed by atoms with Crippen molar-refractivity contribution in [1.29, 1.82) is 0 Å². The predicted octanol–water partition coefficient (Wildman–Crippen LogP) is 2.35. The second-order valence-electron chi connectivity index (χ2n) is 9.00. The molecule has 1 aromatic rings. The number of amides is 3. The number of allylic oxidation sites excluding steroid dienone is 2. The van der Waals surface area contributed by atoms with Crippen LogP contribution in [0, 0.1) is 23.7 Å². The van der Waals surface area contributed by atoms with Crippen LogP contribution in [0.2, 0.25) is 0 Å². The van der Waals surface area contributed by atoms with Gasteiger partial charge in [0.2, 0.25) is 17.7 Å². The highest BCUT2D eigenvalue weighted by Gasteiger charge is 2.59. The summed E-state index contributed by atoms with van der Waals surface area (Å²) in [6.07, 6.45) is 5.97. The zero-order valence-corrected chi connectivity index (χ0v) is 18.2. The van der Waals surface area contributed by atoms with Gasteiger partial charge < -0.3 is 14.4 Å². The molecule has 2 aliphatic heterocycles. The van der Waals surface area contributed by atoms with Crippen LogP contribution in [0.4, 0.5) is 0 Å². The summed E-state index contributed by atoms with van der Waals surface area (Å²) in [6, 6.07) is 3.81. The van der Waals surface area contributed by atoms with Crippen LogP contribution in [-0.4, -0.2) is 54.8 Å². The molecule has 5 atom stereocenters. The van der Waals surface area contributed by atoms with Crippen molar-refractivity contribution in [3.63, 3.8) is 0 Å². The van der Waals surface area contributed by atoms with Gasteiger partial charge in [0.15, 0.2) is 11.5 Å². The van der Waals surface area contributed by atoms with Gasteiger partial charge in [-0.2, -0.15) is 0 Å². The first-order valence-electron chi connectivity index (χ1n) is 11.0. The van der Waals surface area contributed by atoms with Crippen LogP contribution in [0.5, 0.6) is 11.5 Å². The van der Waals surface area contributed by atoms with Crippen LogP contribution in [0.1, 0.15) is 36.9 Å². The maximum atomic E-state index is 13.1. The highest BCUT2D eigenvalue weighted by molar-refractivity contribution is 6.06. The molecule has 0 unspecified atom stereocenters. The molecule has 164 valence electrons. The molecule has 2 bridgehead atoms. The summed E-state index contributed by atoms with van der Waals surface area (Å²) in [4.78, 5) is 42.0. The molecule has 2 aliphatic carbocycles. The average Bonchev–Trinajstić information content (AvgIpc) is 3.45. The summed E-state index contributed by atoms with van der Waals surface area (Å²) in [6.45, 7) is 2.77. The van der Waals surface area contributed by atoms with E-state index in [4.69, 9.17) is 9.47 Å². The molecule has 7 heteroatoms. The number of imide groups is 1. The van der Waals surface area contributed by atoms with Gasteiger partial charge in [0.05, 0.1) is 32.1 Å². The van der Waals surface area contributed by atoms with Crippen molar-refractivity contribution in [2.75, 3.05) is 27.3 Å². The lowest BCUT2D eigenvalue weighted by Gasteiger charge is -2.36. The van der Waals surface area contributed by atoms with Crippen molar-refractivity contribution in [2.45, 2.75) is 32.2 Å². The molecule has 5 rings (SSSR count). The highest BCUT2D eigenvalue weighted by Crippen LogP contribution is 2.52. The maximum Gasteiger partial charge on any atom is 0.233 e. The molecule has 0 aromatic heterocycles. The number of likely N-dealkylation sites (tertiary alicyclic amines) is 1. The second-order valence-corrected chi connectivity index (χ2v) is 9.00. The SMILES string of the molecule is COc1cc2c(cc1OC)[C@H](C)N(C(=O)CCN1C(=O)[C@@H]3[C@H](C1=O)[C@H]1C=C[C@H]3C1)CC2. The van der Waals surface area contributed by atoms with Crippen molar-refractivity contribution < 1.29 is 23.9 Å². The van der Waals surface area contributed by atoms with Crippen molar-refractivity contribution in [3.8, 4) is 11.5 Å². The molecule has 0 N–H and O–H groups in total. The number of nitrogens with zero attached hydrogens (tertiary/aromatic N) is 2. The molecule has 7 nitrogen and oxygen atoms in total. The summed E-state index contributed by atoms with van der Waals surface area (Å²) >= 11 is 0. The number of fused-ring (bicyclic) bond motifs is 6. The molecule has 1 saturated carbocycles. The number of methoxy groups -OCH3 is 2. The molecular formula is C24H28N2O5. The van der Waals surface area contributed by atoms with E-state index in [2.05, 4.69) is 12.2 Å². The molecule has 31 heavy (non-hydrogen) atoms. The van der Waals surface area contributed by atoms with E-state index in [1.165, 1.54) is 4.90 Å². The van der Waals surface area contributed by atoms with Crippen LogP contribution < -0.4 is 9.47 Å². The third kappa shape index (κ3) is 2.97. The molecule has 2 fully saturated rings. The Bertz CT molecular complexity index is 956. The monoisotopic (exact) mass is 424 g/mol. The minimum absolute atomic E-state index is 0.0355. The van der Waals surface area contributed by atoms with Gasteiger partial charge in [-0.25, -0.2) is 0 Å². The normalized spacial score (nSPS) is 30.6. The highest BCUT2D eigenvalue weighted by atomic mass is 16.5. The Morgan fingerprint density at radius 1 is 1.03 bits per heavy atom. The van der Waals surface area contributed by atoms with E-state index in [0.717, 1.165) is 24.0 Å². The molecule has 2 heterocycles. The van der Waals surface area contributed by atoms with E-state index < -0.39 is 0 Å². The third-order valence-corrected chi connectivity index (χ3v) is 7.62. The zero-order valence-electron chi connectivity index (χ0n) is 18.2. The largest absolute Gasteiger partial charge is 0.493 e. The van der Waals surface area contributed by atoms with Crippen LogP contribution >= 0.6 is 0 Å².